The van der Waals surface area contributed by atoms with Crippen LogP contribution in [0, 0.1) is 5.92 Å². The maximum absolute atomic E-state index is 5.51. The Kier molecular flexibility index (Phi) is 2.46. The van der Waals surface area contributed by atoms with Crippen molar-refractivity contribution in [1.29, 1.82) is 0 Å². The van der Waals surface area contributed by atoms with Crippen LogP contribution in [0.25, 0.3) is 0 Å². The van der Waals surface area contributed by atoms with Gasteiger partial charge in [0.15, 0.2) is 0 Å². The van der Waals surface area contributed by atoms with Gasteiger partial charge in [0, 0.05) is 13.0 Å². The Morgan fingerprint density at radius 3 is 3.00 bits per heavy atom. The molecular weight excluding hydrogens is 184 g/mol. The number of nitrogens with zero attached hydrogens (tertiary/aromatic N) is 3. The van der Waals surface area contributed by atoms with Crippen molar-refractivity contribution in [3.8, 4) is 0 Å². The molecule has 0 spiro atoms. The van der Waals surface area contributed by atoms with Gasteiger partial charge in [0.25, 0.3) is 0 Å². The van der Waals surface area contributed by atoms with Crippen molar-refractivity contribution in [2.75, 3.05) is 25.9 Å². The van der Waals surface area contributed by atoms with Crippen molar-refractivity contribution in [3.05, 3.63) is 5.01 Å². The lowest BCUT2D eigenvalue weighted by atomic mass is 10.1. The Morgan fingerprint density at radius 1 is 1.62 bits per heavy atom. The Hall–Kier alpha value is -0.680. The van der Waals surface area contributed by atoms with Crippen LogP contribution in [0.5, 0.6) is 0 Å². The molecule has 72 valence electrons. The van der Waals surface area contributed by atoms with E-state index in [-0.39, 0.29) is 0 Å². The lowest BCUT2D eigenvalue weighted by Crippen LogP contribution is -2.14. The van der Waals surface area contributed by atoms with E-state index >= 15 is 0 Å². The first-order valence-electron chi connectivity index (χ1n) is 4.50. The number of hydrogen-bond donors (Lipinski definition) is 1. The first kappa shape index (κ1) is 8.90. The molecule has 1 aliphatic rings. The standard InChI is InChI=1S/C8H14N4S/c1-12-3-2-6(5-12)4-7-10-11-8(9)13-7/h6H,2-5H2,1H3,(H2,9,11)/t6-/m0/s1. The minimum atomic E-state index is 0.585. The minimum absolute atomic E-state index is 0.585. The van der Waals surface area contributed by atoms with Gasteiger partial charge in [-0.2, -0.15) is 0 Å². The molecule has 2 rings (SSSR count). The van der Waals surface area contributed by atoms with Crippen LogP contribution in [-0.2, 0) is 6.42 Å². The van der Waals surface area contributed by atoms with E-state index < -0.39 is 0 Å². The number of anilines is 1. The molecule has 1 aliphatic heterocycles. The summed E-state index contributed by atoms with van der Waals surface area (Å²) >= 11 is 1.51. The van der Waals surface area contributed by atoms with Crippen molar-refractivity contribution in [2.24, 2.45) is 5.92 Å². The van der Waals surface area contributed by atoms with Gasteiger partial charge >= 0.3 is 0 Å². The van der Waals surface area contributed by atoms with Gasteiger partial charge in [-0.25, -0.2) is 0 Å². The summed E-state index contributed by atoms with van der Waals surface area (Å²) in [6.07, 6.45) is 2.31. The SMILES string of the molecule is CN1CC[C@@H](Cc2nnc(N)s2)C1. The Bertz CT molecular complexity index is 285. The molecule has 2 N–H and O–H groups in total. The highest BCUT2D eigenvalue weighted by molar-refractivity contribution is 7.15. The van der Waals surface area contributed by atoms with Crippen molar-refractivity contribution >= 4 is 16.5 Å². The molecule has 1 saturated heterocycles. The van der Waals surface area contributed by atoms with Gasteiger partial charge in [-0.05, 0) is 25.9 Å². The molecular formula is C8H14N4S. The summed E-state index contributed by atoms with van der Waals surface area (Å²) in [6, 6.07) is 0. The monoisotopic (exact) mass is 198 g/mol. The molecule has 0 aromatic carbocycles. The number of nitrogens with two attached hydrogens (primary N) is 1. The third-order valence-electron chi connectivity index (χ3n) is 2.43. The number of nitrogen functional groups attached to an aromatic ring is 1. The summed E-state index contributed by atoms with van der Waals surface area (Å²) < 4.78 is 0. The number of likely N-dealkylation sites (tertiary alicyclic amines) is 1. The van der Waals surface area contributed by atoms with Gasteiger partial charge in [0.05, 0.1) is 0 Å². The van der Waals surface area contributed by atoms with E-state index in [0.717, 1.165) is 17.3 Å². The molecule has 1 atom stereocenters. The third kappa shape index (κ3) is 2.16. The lowest BCUT2D eigenvalue weighted by Gasteiger charge is -2.07. The van der Waals surface area contributed by atoms with Gasteiger partial charge in [-0.15, -0.1) is 10.2 Å². The zero-order valence-corrected chi connectivity index (χ0v) is 8.55. The molecule has 0 radical (unpaired) electrons. The molecule has 1 aromatic heterocycles. The molecule has 13 heavy (non-hydrogen) atoms. The Balaban J connectivity index is 1.91. The smallest absolute Gasteiger partial charge is 0.203 e. The number of aromatic nitrogens is 2. The predicted octanol–water partition coefficient (Wildman–Crippen LogP) is 0.615. The van der Waals surface area contributed by atoms with E-state index in [2.05, 4.69) is 22.1 Å². The summed E-state index contributed by atoms with van der Waals surface area (Å²) in [5, 5.41) is 9.51. The molecule has 0 unspecified atom stereocenters. The summed E-state index contributed by atoms with van der Waals surface area (Å²) in [5.41, 5.74) is 5.51. The van der Waals surface area contributed by atoms with Crippen molar-refractivity contribution in [2.45, 2.75) is 12.8 Å². The molecule has 0 aliphatic carbocycles. The minimum Gasteiger partial charge on any atom is -0.374 e. The average molecular weight is 198 g/mol. The Morgan fingerprint density at radius 2 is 2.46 bits per heavy atom. The molecule has 0 bridgehead atoms. The van der Waals surface area contributed by atoms with Crippen LogP contribution in [0.1, 0.15) is 11.4 Å². The van der Waals surface area contributed by atoms with Gasteiger partial charge in [-0.3, -0.25) is 0 Å². The Labute approximate surface area is 81.8 Å². The van der Waals surface area contributed by atoms with Crippen LogP contribution < -0.4 is 5.73 Å². The molecule has 1 aromatic rings. The average Bonchev–Trinajstić information content (AvgIpc) is 2.62. The maximum Gasteiger partial charge on any atom is 0.203 e. The summed E-state index contributed by atoms with van der Waals surface area (Å²) in [6.45, 7) is 2.39. The van der Waals surface area contributed by atoms with E-state index in [4.69, 9.17) is 5.73 Å². The van der Waals surface area contributed by atoms with Crippen LogP contribution in [0.15, 0.2) is 0 Å². The second-order valence-electron chi connectivity index (χ2n) is 3.66. The van der Waals surface area contributed by atoms with Gasteiger partial charge in [-0.1, -0.05) is 11.3 Å². The maximum atomic E-state index is 5.51. The van der Waals surface area contributed by atoms with Crippen LogP contribution in [0.4, 0.5) is 5.13 Å². The third-order valence-corrected chi connectivity index (χ3v) is 3.21. The van der Waals surface area contributed by atoms with Gasteiger partial charge in [0.1, 0.15) is 5.01 Å². The van der Waals surface area contributed by atoms with E-state index in [9.17, 15) is 0 Å². The van der Waals surface area contributed by atoms with Crippen LogP contribution in [-0.4, -0.2) is 35.2 Å². The van der Waals surface area contributed by atoms with Crippen molar-refractivity contribution in [3.63, 3.8) is 0 Å². The van der Waals surface area contributed by atoms with E-state index in [0.29, 0.717) is 5.13 Å². The fourth-order valence-corrected chi connectivity index (χ4v) is 2.51. The summed E-state index contributed by atoms with van der Waals surface area (Å²) in [4.78, 5) is 2.36. The second kappa shape index (κ2) is 3.59. The van der Waals surface area contributed by atoms with E-state index in [1.165, 1.54) is 30.8 Å². The highest BCUT2D eigenvalue weighted by atomic mass is 32.1. The van der Waals surface area contributed by atoms with Gasteiger partial charge < -0.3 is 10.6 Å². The number of hydrogen-bond acceptors (Lipinski definition) is 5. The molecule has 0 amide bonds. The van der Waals surface area contributed by atoms with Crippen molar-refractivity contribution in [1.82, 2.24) is 15.1 Å². The first-order chi connectivity index (χ1) is 6.24. The van der Waals surface area contributed by atoms with E-state index in [1.807, 2.05) is 0 Å². The molecule has 2 heterocycles. The fourth-order valence-electron chi connectivity index (χ4n) is 1.79. The van der Waals surface area contributed by atoms with Crippen LogP contribution in [0.3, 0.4) is 0 Å². The second-order valence-corrected chi connectivity index (χ2v) is 4.75. The fraction of sp³-hybridized carbons (Fsp3) is 0.750. The quantitative estimate of drug-likeness (QED) is 0.756. The van der Waals surface area contributed by atoms with Crippen LogP contribution >= 0.6 is 11.3 Å². The normalized spacial score (nSPS) is 23.9. The zero-order valence-electron chi connectivity index (χ0n) is 7.73. The first-order valence-corrected chi connectivity index (χ1v) is 5.32. The summed E-state index contributed by atoms with van der Waals surface area (Å²) in [5.74, 6) is 0.748. The highest BCUT2D eigenvalue weighted by Crippen LogP contribution is 2.21. The lowest BCUT2D eigenvalue weighted by molar-refractivity contribution is 0.394. The topological polar surface area (TPSA) is 55.0 Å². The molecule has 4 nitrogen and oxygen atoms in total. The van der Waals surface area contributed by atoms with Crippen LogP contribution in [0.2, 0.25) is 0 Å². The van der Waals surface area contributed by atoms with Gasteiger partial charge in [0.2, 0.25) is 5.13 Å². The molecule has 5 heteroatoms. The van der Waals surface area contributed by atoms with Crippen molar-refractivity contribution < 1.29 is 0 Å². The largest absolute Gasteiger partial charge is 0.374 e. The predicted molar refractivity (Wildman–Crippen MR) is 53.6 cm³/mol. The summed E-state index contributed by atoms with van der Waals surface area (Å²) in [7, 11) is 2.16. The molecule has 0 saturated carbocycles. The number of rotatable bonds is 2. The van der Waals surface area contributed by atoms with E-state index in [1.54, 1.807) is 0 Å². The zero-order chi connectivity index (χ0) is 9.26. The molecule has 1 fully saturated rings. The highest BCUT2D eigenvalue weighted by Gasteiger charge is 2.20.